The van der Waals surface area contributed by atoms with Crippen molar-refractivity contribution in [2.45, 2.75) is 62.0 Å². The number of amides is 2. The number of benzene rings is 4. The summed E-state index contributed by atoms with van der Waals surface area (Å²) in [6, 6.07) is 29.8. The maximum atomic E-state index is 14.6. The molecule has 0 spiro atoms. The predicted octanol–water partition coefficient (Wildman–Crippen LogP) is 7.23. The molecule has 2 amide bonds. The Bertz CT molecular complexity index is 1740. The van der Waals surface area contributed by atoms with Gasteiger partial charge in [0.15, 0.2) is 0 Å². The minimum atomic E-state index is -4.17. The average molecular weight is 723 g/mol. The fourth-order valence-electron chi connectivity index (χ4n) is 4.95. The van der Waals surface area contributed by atoms with E-state index in [0.717, 1.165) is 30.4 Å². The summed E-state index contributed by atoms with van der Waals surface area (Å²) in [5.74, 6) is -0.827. The highest BCUT2D eigenvalue weighted by Gasteiger charge is 2.35. The Kier molecular flexibility index (Phi) is 11.7. The van der Waals surface area contributed by atoms with Gasteiger partial charge in [0, 0.05) is 27.9 Å². The largest absolute Gasteiger partial charge is 0.350 e. The van der Waals surface area contributed by atoms with Gasteiger partial charge in [0.2, 0.25) is 11.8 Å². The van der Waals surface area contributed by atoms with Crippen LogP contribution in [-0.4, -0.2) is 49.5 Å². The molecule has 4 aromatic rings. The molecule has 0 aliphatic rings. The quantitative estimate of drug-likeness (QED) is 0.156. The highest BCUT2D eigenvalue weighted by Crippen LogP contribution is 2.27. The van der Waals surface area contributed by atoms with Crippen LogP contribution in [-0.2, 0) is 32.6 Å². The van der Waals surface area contributed by atoms with Gasteiger partial charge in [-0.05, 0) is 93.6 Å². The Morgan fingerprint density at radius 3 is 2.09 bits per heavy atom. The lowest BCUT2D eigenvalue weighted by Crippen LogP contribution is -2.56. The summed E-state index contributed by atoms with van der Waals surface area (Å²) >= 11 is 5.03. The van der Waals surface area contributed by atoms with Crippen LogP contribution in [0.25, 0.3) is 0 Å². The molecule has 4 rings (SSSR count). The van der Waals surface area contributed by atoms with Crippen LogP contribution in [0.4, 0.5) is 5.69 Å². The molecular formula is C36H40BrN3O4S2. The minimum absolute atomic E-state index is 0.0727. The molecule has 0 saturated heterocycles. The number of sulfonamides is 1. The number of aryl methyl sites for hydroxylation is 1. The highest BCUT2D eigenvalue weighted by molar-refractivity contribution is 9.10. The number of halogens is 1. The minimum Gasteiger partial charge on any atom is -0.350 e. The van der Waals surface area contributed by atoms with E-state index in [9.17, 15) is 18.0 Å². The van der Waals surface area contributed by atoms with Crippen LogP contribution in [0.1, 0.15) is 37.5 Å². The smallest absolute Gasteiger partial charge is 0.264 e. The third kappa shape index (κ3) is 9.47. The molecule has 46 heavy (non-hydrogen) atoms. The van der Waals surface area contributed by atoms with Crippen LogP contribution in [0.3, 0.4) is 0 Å². The lowest BCUT2D eigenvalue weighted by Gasteiger charge is -2.35. The Hall–Kier alpha value is -3.60. The molecule has 1 N–H and O–H groups in total. The van der Waals surface area contributed by atoms with E-state index in [-0.39, 0.29) is 23.8 Å². The molecule has 1 atom stereocenters. The van der Waals surface area contributed by atoms with Gasteiger partial charge in [-0.15, -0.1) is 11.8 Å². The molecule has 242 valence electrons. The number of nitrogens with one attached hydrogen (secondary N) is 1. The third-order valence-corrected chi connectivity index (χ3v) is 10.3. The molecule has 1 unspecified atom stereocenters. The van der Waals surface area contributed by atoms with Gasteiger partial charge >= 0.3 is 0 Å². The normalized spacial score (nSPS) is 12.3. The number of nitrogens with zero attached hydrogens (tertiary/aromatic N) is 2. The van der Waals surface area contributed by atoms with E-state index >= 15 is 0 Å². The van der Waals surface area contributed by atoms with Gasteiger partial charge in [0.1, 0.15) is 12.6 Å². The molecule has 0 heterocycles. The summed E-state index contributed by atoms with van der Waals surface area (Å²) in [6.07, 6.45) is 2.16. The molecule has 0 radical (unpaired) electrons. The van der Waals surface area contributed by atoms with Crippen LogP contribution in [0.15, 0.2) is 117 Å². The second-order valence-corrected chi connectivity index (χ2v) is 15.8. The number of rotatable bonds is 12. The summed E-state index contributed by atoms with van der Waals surface area (Å²) in [5, 5.41) is 3.05. The van der Waals surface area contributed by atoms with E-state index in [4.69, 9.17) is 0 Å². The van der Waals surface area contributed by atoms with Crippen molar-refractivity contribution in [3.8, 4) is 0 Å². The highest BCUT2D eigenvalue weighted by atomic mass is 79.9. The maximum Gasteiger partial charge on any atom is 0.264 e. The zero-order valence-electron chi connectivity index (χ0n) is 26.7. The Morgan fingerprint density at radius 1 is 0.870 bits per heavy atom. The van der Waals surface area contributed by atoms with Gasteiger partial charge in [-0.1, -0.05) is 76.1 Å². The standard InChI is InChI=1S/C36H40BrN3O4S2/c1-26-14-16-30(17-15-26)40(46(43,44)32-20-18-31(45-5)19-21-32)25-34(41)39(24-28-12-9-13-29(37)22-28)33(35(42)38-36(2,3)4)23-27-10-7-6-8-11-27/h6-22,33H,23-25H2,1-5H3,(H,38,42). The van der Waals surface area contributed by atoms with Gasteiger partial charge in [-0.2, -0.15) is 0 Å². The second kappa shape index (κ2) is 15.3. The molecule has 0 aromatic heterocycles. The summed E-state index contributed by atoms with van der Waals surface area (Å²) in [4.78, 5) is 31.1. The lowest BCUT2D eigenvalue weighted by atomic mass is 10.0. The topological polar surface area (TPSA) is 86.8 Å². The van der Waals surface area contributed by atoms with E-state index in [0.29, 0.717) is 5.69 Å². The van der Waals surface area contributed by atoms with Crippen molar-refractivity contribution in [2.24, 2.45) is 0 Å². The fraction of sp³-hybridized carbons (Fsp3) is 0.278. The molecule has 0 saturated carbocycles. The molecule has 0 bridgehead atoms. The van der Waals surface area contributed by atoms with Gasteiger partial charge in [0.05, 0.1) is 10.6 Å². The van der Waals surface area contributed by atoms with Crippen LogP contribution in [0.5, 0.6) is 0 Å². The Labute approximate surface area is 285 Å². The molecule has 0 fully saturated rings. The average Bonchev–Trinajstić information content (AvgIpc) is 3.01. The number of carbonyl (C=O) groups excluding carboxylic acids is 2. The van der Waals surface area contributed by atoms with E-state index in [1.807, 2.05) is 101 Å². The van der Waals surface area contributed by atoms with E-state index in [1.54, 1.807) is 36.4 Å². The van der Waals surface area contributed by atoms with Crippen molar-refractivity contribution in [2.75, 3.05) is 17.1 Å². The van der Waals surface area contributed by atoms with E-state index in [2.05, 4.69) is 21.2 Å². The number of hydrogen-bond donors (Lipinski definition) is 1. The first-order valence-electron chi connectivity index (χ1n) is 14.9. The zero-order valence-corrected chi connectivity index (χ0v) is 30.0. The van der Waals surface area contributed by atoms with Crippen LogP contribution in [0.2, 0.25) is 0 Å². The number of thioether (sulfide) groups is 1. The van der Waals surface area contributed by atoms with Crippen LogP contribution in [0, 0.1) is 6.92 Å². The lowest BCUT2D eigenvalue weighted by molar-refractivity contribution is -0.140. The summed E-state index contributed by atoms with van der Waals surface area (Å²) in [5.41, 5.74) is 2.42. The summed E-state index contributed by atoms with van der Waals surface area (Å²) in [7, 11) is -4.17. The first-order chi connectivity index (χ1) is 21.8. The molecule has 7 nitrogen and oxygen atoms in total. The fourth-order valence-corrected chi connectivity index (χ4v) is 7.22. The van der Waals surface area contributed by atoms with Crippen LogP contribution >= 0.6 is 27.7 Å². The van der Waals surface area contributed by atoms with Crippen molar-refractivity contribution in [3.05, 3.63) is 124 Å². The Balaban J connectivity index is 1.81. The van der Waals surface area contributed by atoms with Crippen molar-refractivity contribution in [1.29, 1.82) is 0 Å². The van der Waals surface area contributed by atoms with Gasteiger partial charge < -0.3 is 10.2 Å². The molecule has 4 aromatic carbocycles. The van der Waals surface area contributed by atoms with Crippen molar-refractivity contribution >= 4 is 55.2 Å². The van der Waals surface area contributed by atoms with Gasteiger partial charge in [0.25, 0.3) is 10.0 Å². The molecule has 0 aliphatic heterocycles. The molecule has 10 heteroatoms. The first-order valence-corrected chi connectivity index (χ1v) is 18.4. The molecular weight excluding hydrogens is 682 g/mol. The van der Waals surface area contributed by atoms with E-state index in [1.165, 1.54) is 16.7 Å². The first kappa shape index (κ1) is 35.3. The number of carbonyl (C=O) groups is 2. The SMILES string of the molecule is CSc1ccc(S(=O)(=O)N(CC(=O)N(Cc2cccc(Br)c2)C(Cc2ccccc2)C(=O)NC(C)(C)C)c2ccc(C)cc2)cc1. The van der Waals surface area contributed by atoms with Crippen molar-refractivity contribution in [3.63, 3.8) is 0 Å². The van der Waals surface area contributed by atoms with Gasteiger partial charge in [-0.3, -0.25) is 13.9 Å². The monoisotopic (exact) mass is 721 g/mol. The summed E-state index contributed by atoms with van der Waals surface area (Å²) in [6.45, 7) is 7.17. The Morgan fingerprint density at radius 2 is 1.50 bits per heavy atom. The van der Waals surface area contributed by atoms with Crippen molar-refractivity contribution in [1.82, 2.24) is 10.2 Å². The second-order valence-electron chi connectivity index (χ2n) is 12.1. The maximum absolute atomic E-state index is 14.6. The molecule has 0 aliphatic carbocycles. The zero-order chi connectivity index (χ0) is 33.5. The van der Waals surface area contributed by atoms with Crippen LogP contribution < -0.4 is 9.62 Å². The predicted molar refractivity (Wildman–Crippen MR) is 190 cm³/mol. The van der Waals surface area contributed by atoms with E-state index < -0.39 is 34.1 Å². The summed E-state index contributed by atoms with van der Waals surface area (Å²) < 4.78 is 30.4. The van der Waals surface area contributed by atoms with Crippen molar-refractivity contribution < 1.29 is 18.0 Å². The number of anilines is 1. The third-order valence-electron chi connectivity index (χ3n) is 7.26. The van der Waals surface area contributed by atoms with Gasteiger partial charge in [-0.25, -0.2) is 8.42 Å². The number of hydrogen-bond acceptors (Lipinski definition) is 5.